The first kappa shape index (κ1) is 16.7. The van der Waals surface area contributed by atoms with Crippen LogP contribution in [0.5, 0.6) is 0 Å². The van der Waals surface area contributed by atoms with E-state index in [-0.39, 0.29) is 5.54 Å². The van der Waals surface area contributed by atoms with Crippen LogP contribution >= 0.6 is 0 Å². The molecule has 4 nitrogen and oxygen atoms in total. The lowest BCUT2D eigenvalue weighted by Crippen LogP contribution is -2.58. The number of nitrogens with one attached hydrogen (secondary N) is 1. The van der Waals surface area contributed by atoms with Gasteiger partial charge in [0.1, 0.15) is 5.54 Å². The van der Waals surface area contributed by atoms with E-state index < -0.39 is 0 Å². The molecular formula is C17H32N4. The summed E-state index contributed by atoms with van der Waals surface area (Å²) in [6.45, 7) is 12.2. The molecule has 2 heterocycles. The van der Waals surface area contributed by atoms with E-state index in [0.29, 0.717) is 6.04 Å². The van der Waals surface area contributed by atoms with Crippen LogP contribution in [0.4, 0.5) is 0 Å². The average molecular weight is 292 g/mol. The summed E-state index contributed by atoms with van der Waals surface area (Å²) in [5.41, 5.74) is -0.356. The molecule has 0 spiro atoms. The first-order valence-electron chi connectivity index (χ1n) is 8.72. The zero-order valence-corrected chi connectivity index (χ0v) is 14.1. The van der Waals surface area contributed by atoms with E-state index in [0.717, 1.165) is 32.0 Å². The van der Waals surface area contributed by atoms with Gasteiger partial charge in [0.15, 0.2) is 0 Å². The Morgan fingerprint density at radius 3 is 2.86 bits per heavy atom. The maximum atomic E-state index is 9.33. The molecule has 2 saturated heterocycles. The summed E-state index contributed by atoms with van der Waals surface area (Å²) in [6, 6.07) is 3.88. The number of nitriles is 1. The molecule has 0 bridgehead atoms. The van der Waals surface area contributed by atoms with Crippen molar-refractivity contribution >= 4 is 0 Å². The highest BCUT2D eigenvalue weighted by atomic mass is 15.3. The third-order valence-electron chi connectivity index (χ3n) is 5.25. The van der Waals surface area contributed by atoms with E-state index in [1.165, 1.54) is 38.9 Å². The topological polar surface area (TPSA) is 42.3 Å². The van der Waals surface area contributed by atoms with Crippen LogP contribution in [0.3, 0.4) is 0 Å². The fraction of sp³-hybridized carbons (Fsp3) is 0.941. The molecule has 120 valence electrons. The van der Waals surface area contributed by atoms with Crippen LogP contribution in [-0.2, 0) is 0 Å². The summed E-state index contributed by atoms with van der Waals surface area (Å²) in [5, 5.41) is 12.6. The van der Waals surface area contributed by atoms with Gasteiger partial charge in [0.05, 0.1) is 6.07 Å². The van der Waals surface area contributed by atoms with E-state index in [2.05, 4.69) is 35.0 Å². The van der Waals surface area contributed by atoms with Gasteiger partial charge >= 0.3 is 0 Å². The van der Waals surface area contributed by atoms with Crippen molar-refractivity contribution in [3.05, 3.63) is 0 Å². The van der Waals surface area contributed by atoms with Crippen LogP contribution in [0.15, 0.2) is 0 Å². The van der Waals surface area contributed by atoms with Crippen LogP contribution < -0.4 is 5.32 Å². The van der Waals surface area contributed by atoms with Crippen molar-refractivity contribution in [1.82, 2.24) is 15.1 Å². The molecule has 1 N–H and O–H groups in total. The molecule has 2 aliphatic heterocycles. The molecule has 2 aliphatic rings. The fourth-order valence-electron chi connectivity index (χ4n) is 3.93. The molecule has 0 saturated carbocycles. The van der Waals surface area contributed by atoms with Gasteiger partial charge in [0.2, 0.25) is 0 Å². The number of rotatable bonds is 6. The minimum absolute atomic E-state index is 0.356. The summed E-state index contributed by atoms with van der Waals surface area (Å²) in [4.78, 5) is 5.35. The molecule has 3 unspecified atom stereocenters. The lowest BCUT2D eigenvalue weighted by atomic mass is 9.95. The lowest BCUT2D eigenvalue weighted by molar-refractivity contribution is 0.0141. The highest BCUT2D eigenvalue weighted by Crippen LogP contribution is 2.24. The van der Waals surface area contributed by atoms with E-state index >= 15 is 0 Å². The van der Waals surface area contributed by atoms with Crippen LogP contribution in [0.2, 0.25) is 0 Å². The zero-order chi connectivity index (χ0) is 15.3. The van der Waals surface area contributed by atoms with Crippen molar-refractivity contribution < 1.29 is 0 Å². The van der Waals surface area contributed by atoms with Crippen LogP contribution in [0, 0.1) is 11.3 Å². The van der Waals surface area contributed by atoms with Crippen molar-refractivity contribution in [2.45, 2.75) is 70.5 Å². The Hall–Kier alpha value is -0.630. The molecule has 0 amide bonds. The monoisotopic (exact) mass is 292 g/mol. The normalized spacial score (nSPS) is 30.4. The highest BCUT2D eigenvalue weighted by Gasteiger charge is 2.33. The maximum Gasteiger partial charge on any atom is 0.103 e. The minimum Gasteiger partial charge on any atom is -0.300 e. The molecule has 0 aromatic rings. The number of nitrogens with zero attached hydrogens (tertiary/aromatic N) is 3. The third kappa shape index (κ3) is 4.42. The highest BCUT2D eigenvalue weighted by molar-refractivity contribution is 5.03. The zero-order valence-electron chi connectivity index (χ0n) is 14.1. The Labute approximate surface area is 130 Å². The second kappa shape index (κ2) is 7.58. The Morgan fingerprint density at radius 1 is 1.33 bits per heavy atom. The molecule has 0 aromatic heterocycles. The van der Waals surface area contributed by atoms with E-state index in [1.807, 2.05) is 6.92 Å². The predicted octanol–water partition coefficient (Wildman–Crippen LogP) is 2.22. The number of piperazine rings is 1. The molecule has 0 radical (unpaired) electrons. The van der Waals surface area contributed by atoms with Gasteiger partial charge in [-0.25, -0.2) is 0 Å². The molecule has 2 fully saturated rings. The molecule has 3 atom stereocenters. The Morgan fingerprint density at radius 2 is 2.14 bits per heavy atom. The molecular weight excluding hydrogens is 260 g/mol. The molecule has 0 aliphatic carbocycles. The molecule has 0 aromatic carbocycles. The summed E-state index contributed by atoms with van der Waals surface area (Å²) in [5.74, 6) is 0. The van der Waals surface area contributed by atoms with Crippen molar-refractivity contribution in [2.75, 3.05) is 32.7 Å². The van der Waals surface area contributed by atoms with Gasteiger partial charge in [0, 0.05) is 25.2 Å². The Bertz CT molecular complexity index is 364. The number of hydrogen-bond donors (Lipinski definition) is 1. The standard InChI is InChI=1S/C17H32N4/c1-4-19-17(3,14-18)9-7-11-20-13-16-8-5-6-10-21(16)12-15(20)2/h15-16,19H,4-13H2,1-3H3. The van der Waals surface area contributed by atoms with Gasteiger partial charge in [-0.15, -0.1) is 0 Å². The first-order chi connectivity index (χ1) is 10.1. The number of piperidine rings is 1. The quantitative estimate of drug-likeness (QED) is 0.815. The van der Waals surface area contributed by atoms with E-state index in [4.69, 9.17) is 0 Å². The summed E-state index contributed by atoms with van der Waals surface area (Å²) in [7, 11) is 0. The predicted molar refractivity (Wildman–Crippen MR) is 87.2 cm³/mol. The van der Waals surface area contributed by atoms with Crippen LogP contribution in [-0.4, -0.2) is 60.1 Å². The van der Waals surface area contributed by atoms with E-state index in [1.54, 1.807) is 0 Å². The van der Waals surface area contributed by atoms with Crippen molar-refractivity contribution in [2.24, 2.45) is 0 Å². The summed E-state index contributed by atoms with van der Waals surface area (Å²) < 4.78 is 0. The van der Waals surface area contributed by atoms with Crippen molar-refractivity contribution in [3.8, 4) is 6.07 Å². The van der Waals surface area contributed by atoms with Crippen molar-refractivity contribution in [1.29, 1.82) is 5.26 Å². The summed E-state index contributed by atoms with van der Waals surface area (Å²) in [6.07, 6.45) is 6.20. The Kier molecular flexibility index (Phi) is 6.04. The molecule has 4 heteroatoms. The van der Waals surface area contributed by atoms with Gasteiger partial charge in [-0.3, -0.25) is 15.1 Å². The molecule has 21 heavy (non-hydrogen) atoms. The van der Waals surface area contributed by atoms with Crippen LogP contribution in [0.1, 0.15) is 52.9 Å². The smallest absolute Gasteiger partial charge is 0.103 e. The maximum absolute atomic E-state index is 9.33. The van der Waals surface area contributed by atoms with Crippen LogP contribution in [0.25, 0.3) is 0 Å². The largest absolute Gasteiger partial charge is 0.300 e. The van der Waals surface area contributed by atoms with Crippen molar-refractivity contribution in [3.63, 3.8) is 0 Å². The number of fused-ring (bicyclic) bond motifs is 1. The van der Waals surface area contributed by atoms with E-state index in [9.17, 15) is 5.26 Å². The second-order valence-corrected chi connectivity index (χ2v) is 7.07. The first-order valence-corrected chi connectivity index (χ1v) is 8.72. The van der Waals surface area contributed by atoms with Gasteiger partial charge < -0.3 is 0 Å². The fourth-order valence-corrected chi connectivity index (χ4v) is 3.93. The second-order valence-electron chi connectivity index (χ2n) is 7.07. The lowest BCUT2D eigenvalue weighted by Gasteiger charge is -2.47. The molecule has 2 rings (SSSR count). The van der Waals surface area contributed by atoms with Gasteiger partial charge in [-0.05, 0) is 59.2 Å². The number of hydrogen-bond acceptors (Lipinski definition) is 4. The van der Waals surface area contributed by atoms with Gasteiger partial charge in [-0.2, -0.15) is 5.26 Å². The van der Waals surface area contributed by atoms with Gasteiger partial charge in [0.25, 0.3) is 0 Å². The Balaban J connectivity index is 1.79. The third-order valence-corrected chi connectivity index (χ3v) is 5.25. The summed E-state index contributed by atoms with van der Waals surface area (Å²) >= 11 is 0. The average Bonchev–Trinajstić information content (AvgIpc) is 2.48. The SMILES string of the molecule is CCNC(C)(C#N)CCCN1CC2CCCCN2CC1C. The minimum atomic E-state index is -0.356. The van der Waals surface area contributed by atoms with Gasteiger partial charge in [-0.1, -0.05) is 13.3 Å².